The Bertz CT molecular complexity index is 640. The summed E-state index contributed by atoms with van der Waals surface area (Å²) in [6.45, 7) is 4.44. The molecule has 0 aliphatic rings. The molecule has 0 saturated carbocycles. The molecule has 3 N–H and O–H groups in total. The Balaban J connectivity index is 1.90. The fraction of sp³-hybridized carbons (Fsp3) is 0.278. The zero-order valence-electron chi connectivity index (χ0n) is 13.3. The Kier molecular flexibility index (Phi) is 5.55. The smallest absolute Gasteiger partial charge is 0.279 e. The van der Waals surface area contributed by atoms with Gasteiger partial charge in [0.15, 0.2) is 6.54 Å². The number of hydrogen-bond acceptors (Lipinski definition) is 2. The van der Waals surface area contributed by atoms with E-state index in [-0.39, 0.29) is 11.9 Å². The maximum atomic E-state index is 12.0. The molecule has 0 heterocycles. The van der Waals surface area contributed by atoms with Crippen LogP contribution in [0.4, 0.5) is 5.69 Å². The Morgan fingerprint density at radius 3 is 2.73 bits per heavy atom. The molecule has 4 heteroatoms. The minimum absolute atomic E-state index is 0.00709. The molecule has 4 nitrogen and oxygen atoms in total. The average Bonchev–Trinajstić information content (AvgIpc) is 2.52. The molecule has 2 aromatic carbocycles. The molecule has 0 aliphatic carbocycles. The highest BCUT2D eigenvalue weighted by molar-refractivity contribution is 5.91. The lowest BCUT2D eigenvalue weighted by atomic mass is 10.1. The normalized spacial score (nSPS) is 11.8. The number of rotatable bonds is 6. The van der Waals surface area contributed by atoms with Crippen LogP contribution in [0.15, 0.2) is 48.5 Å². The lowest BCUT2D eigenvalue weighted by Gasteiger charge is -2.14. The van der Waals surface area contributed by atoms with Crippen LogP contribution in [0.1, 0.15) is 24.1 Å². The molecule has 0 bridgehead atoms. The van der Waals surface area contributed by atoms with Crippen LogP contribution in [-0.4, -0.2) is 19.6 Å². The van der Waals surface area contributed by atoms with Gasteiger partial charge in [0.05, 0.1) is 12.7 Å². The van der Waals surface area contributed by atoms with Crippen LogP contribution in [0, 0.1) is 6.92 Å². The average molecular weight is 299 g/mol. The first kappa shape index (κ1) is 16.0. The number of benzene rings is 2. The van der Waals surface area contributed by atoms with E-state index in [1.165, 1.54) is 0 Å². The van der Waals surface area contributed by atoms with Gasteiger partial charge in [-0.2, -0.15) is 0 Å². The maximum Gasteiger partial charge on any atom is 0.279 e. The molecule has 116 valence electrons. The van der Waals surface area contributed by atoms with E-state index in [2.05, 4.69) is 12.2 Å². The third-order valence-electron chi connectivity index (χ3n) is 3.59. The lowest BCUT2D eigenvalue weighted by Crippen LogP contribution is -2.86. The largest absolute Gasteiger partial charge is 0.496 e. The first-order valence-electron chi connectivity index (χ1n) is 7.43. The monoisotopic (exact) mass is 299 g/mol. The van der Waals surface area contributed by atoms with Gasteiger partial charge in [0, 0.05) is 5.69 Å². The fourth-order valence-corrected chi connectivity index (χ4v) is 2.39. The summed E-state index contributed by atoms with van der Waals surface area (Å²) in [5.41, 5.74) is 3.06. The Labute approximate surface area is 131 Å². The lowest BCUT2D eigenvalue weighted by molar-refractivity contribution is -0.682. The number of carbonyl (C=O) groups excluding carboxylic acids is 1. The number of nitrogens with one attached hydrogen (secondary N) is 1. The number of aryl methyl sites for hydroxylation is 1. The summed E-state index contributed by atoms with van der Waals surface area (Å²) in [7, 11) is 1.66. The van der Waals surface area contributed by atoms with Crippen molar-refractivity contribution in [2.45, 2.75) is 19.9 Å². The number of anilines is 1. The Morgan fingerprint density at radius 2 is 2.00 bits per heavy atom. The third kappa shape index (κ3) is 4.33. The summed E-state index contributed by atoms with van der Waals surface area (Å²) in [6.07, 6.45) is 0. The van der Waals surface area contributed by atoms with Crippen molar-refractivity contribution in [3.8, 4) is 5.75 Å². The highest BCUT2D eigenvalue weighted by Gasteiger charge is 2.15. The Morgan fingerprint density at radius 1 is 1.23 bits per heavy atom. The van der Waals surface area contributed by atoms with Crippen LogP contribution in [0.2, 0.25) is 0 Å². The van der Waals surface area contributed by atoms with Gasteiger partial charge in [-0.3, -0.25) is 4.79 Å². The summed E-state index contributed by atoms with van der Waals surface area (Å²) in [4.78, 5) is 12.0. The molecular formula is C18H23N2O2+. The van der Waals surface area contributed by atoms with E-state index in [4.69, 9.17) is 4.74 Å². The molecule has 0 aromatic heterocycles. The van der Waals surface area contributed by atoms with Crippen molar-refractivity contribution in [2.24, 2.45) is 0 Å². The van der Waals surface area contributed by atoms with E-state index in [0.29, 0.717) is 6.54 Å². The molecular weight excluding hydrogens is 276 g/mol. The number of para-hydroxylation sites is 1. The molecule has 0 fully saturated rings. The molecule has 2 aromatic rings. The first-order valence-corrected chi connectivity index (χ1v) is 7.43. The third-order valence-corrected chi connectivity index (χ3v) is 3.59. The molecule has 0 aliphatic heterocycles. The summed E-state index contributed by atoms with van der Waals surface area (Å²) in [6, 6.07) is 15.8. The molecule has 0 saturated heterocycles. The number of quaternary nitrogens is 1. The van der Waals surface area contributed by atoms with Crippen LogP contribution < -0.4 is 15.4 Å². The zero-order chi connectivity index (χ0) is 15.9. The van der Waals surface area contributed by atoms with E-state index in [1.54, 1.807) is 7.11 Å². The minimum Gasteiger partial charge on any atom is -0.496 e. The number of amides is 1. The molecule has 0 unspecified atom stereocenters. The SMILES string of the molecule is COc1ccccc1[C@H](C)[NH2+]CC(=O)Nc1cccc(C)c1. The van der Waals surface area contributed by atoms with Crippen LogP contribution >= 0.6 is 0 Å². The molecule has 22 heavy (non-hydrogen) atoms. The van der Waals surface area contributed by atoms with Crippen LogP contribution in [0.25, 0.3) is 0 Å². The van der Waals surface area contributed by atoms with Crippen molar-refractivity contribution >= 4 is 11.6 Å². The van der Waals surface area contributed by atoms with E-state index >= 15 is 0 Å². The van der Waals surface area contributed by atoms with Gasteiger partial charge in [0.25, 0.3) is 5.91 Å². The molecule has 1 atom stereocenters. The van der Waals surface area contributed by atoms with Gasteiger partial charge in [0.1, 0.15) is 11.8 Å². The summed E-state index contributed by atoms with van der Waals surface area (Å²) in [5, 5.41) is 4.92. The van der Waals surface area contributed by atoms with Gasteiger partial charge in [0.2, 0.25) is 0 Å². The second kappa shape index (κ2) is 7.61. The molecule has 2 rings (SSSR count). The van der Waals surface area contributed by atoms with Gasteiger partial charge in [-0.15, -0.1) is 0 Å². The van der Waals surface area contributed by atoms with Crippen molar-refractivity contribution in [3.05, 3.63) is 59.7 Å². The summed E-state index contributed by atoms with van der Waals surface area (Å²) < 4.78 is 5.36. The van der Waals surface area contributed by atoms with Crippen molar-refractivity contribution in [1.82, 2.24) is 0 Å². The van der Waals surface area contributed by atoms with Gasteiger partial charge in [-0.25, -0.2) is 0 Å². The second-order valence-electron chi connectivity index (χ2n) is 5.39. The number of hydrogen-bond donors (Lipinski definition) is 2. The summed E-state index contributed by atoms with van der Waals surface area (Å²) in [5.74, 6) is 0.845. The predicted molar refractivity (Wildman–Crippen MR) is 88.0 cm³/mol. The standard InChI is InChI=1S/C18H22N2O2/c1-13-7-6-8-15(11-13)20-18(21)12-19-14(2)16-9-4-5-10-17(16)22-3/h4-11,14,19H,12H2,1-3H3,(H,20,21)/p+1/t14-/m0/s1. The number of carbonyl (C=O) groups is 1. The second-order valence-corrected chi connectivity index (χ2v) is 5.39. The highest BCUT2D eigenvalue weighted by atomic mass is 16.5. The van der Waals surface area contributed by atoms with E-state index in [0.717, 1.165) is 22.6 Å². The number of nitrogens with two attached hydrogens (primary N) is 1. The van der Waals surface area contributed by atoms with Crippen molar-refractivity contribution < 1.29 is 14.8 Å². The highest BCUT2D eigenvalue weighted by Crippen LogP contribution is 2.21. The van der Waals surface area contributed by atoms with Crippen LogP contribution in [0.5, 0.6) is 5.75 Å². The van der Waals surface area contributed by atoms with Crippen LogP contribution in [-0.2, 0) is 4.79 Å². The van der Waals surface area contributed by atoms with Gasteiger partial charge in [-0.1, -0.05) is 24.3 Å². The molecule has 0 radical (unpaired) electrons. The fourth-order valence-electron chi connectivity index (χ4n) is 2.39. The quantitative estimate of drug-likeness (QED) is 0.859. The summed E-state index contributed by atoms with van der Waals surface area (Å²) >= 11 is 0. The van der Waals surface area contributed by atoms with Crippen molar-refractivity contribution in [2.75, 3.05) is 19.0 Å². The number of ether oxygens (including phenoxy) is 1. The molecule has 0 spiro atoms. The van der Waals surface area contributed by atoms with Gasteiger partial charge in [-0.05, 0) is 43.7 Å². The Hall–Kier alpha value is -2.33. The van der Waals surface area contributed by atoms with Gasteiger partial charge < -0.3 is 15.4 Å². The van der Waals surface area contributed by atoms with Crippen LogP contribution in [0.3, 0.4) is 0 Å². The first-order chi connectivity index (χ1) is 10.6. The predicted octanol–water partition coefficient (Wildman–Crippen LogP) is 2.27. The van der Waals surface area contributed by atoms with E-state index < -0.39 is 0 Å². The number of methoxy groups -OCH3 is 1. The van der Waals surface area contributed by atoms with Crippen molar-refractivity contribution in [3.63, 3.8) is 0 Å². The van der Waals surface area contributed by atoms with Crippen molar-refractivity contribution in [1.29, 1.82) is 0 Å². The van der Waals surface area contributed by atoms with E-state index in [1.807, 2.05) is 60.8 Å². The maximum absolute atomic E-state index is 12.0. The molecule has 1 amide bonds. The topological polar surface area (TPSA) is 54.9 Å². The van der Waals surface area contributed by atoms with E-state index in [9.17, 15) is 4.79 Å². The zero-order valence-corrected chi connectivity index (χ0v) is 13.3. The van der Waals surface area contributed by atoms with Gasteiger partial charge >= 0.3 is 0 Å². The minimum atomic E-state index is -0.00709.